The summed E-state index contributed by atoms with van der Waals surface area (Å²) in [5.74, 6) is 0.883. The minimum atomic E-state index is -0.166. The Kier molecular flexibility index (Phi) is 7.46. The van der Waals surface area contributed by atoms with Gasteiger partial charge in [-0.3, -0.25) is 0 Å². The van der Waals surface area contributed by atoms with Gasteiger partial charge in [0.15, 0.2) is 0 Å². The smallest absolute Gasteiger partial charge is 0.318 e. The van der Waals surface area contributed by atoms with E-state index >= 15 is 0 Å². The molecule has 4 aliphatic rings. The van der Waals surface area contributed by atoms with Crippen LogP contribution in [0.4, 0.5) is 5.82 Å². The number of hydrogen-bond donors (Lipinski definition) is 1. The minimum absolute atomic E-state index is 0.106. The molecule has 41 heavy (non-hydrogen) atoms. The summed E-state index contributed by atoms with van der Waals surface area (Å²) < 4.78 is 13.0. The third kappa shape index (κ3) is 5.61. The lowest BCUT2D eigenvalue weighted by molar-refractivity contribution is 0.0264. The van der Waals surface area contributed by atoms with E-state index in [9.17, 15) is 5.26 Å². The lowest BCUT2D eigenvalue weighted by Crippen LogP contribution is -2.51. The summed E-state index contributed by atoms with van der Waals surface area (Å²) in [4.78, 5) is 14.9. The number of anilines is 1. The van der Waals surface area contributed by atoms with Crippen LogP contribution >= 0.6 is 11.6 Å². The largest absolute Gasteiger partial charge is 0.463 e. The van der Waals surface area contributed by atoms with Crippen molar-refractivity contribution in [3.05, 3.63) is 58.2 Å². The van der Waals surface area contributed by atoms with Crippen molar-refractivity contribution < 1.29 is 9.47 Å². The minimum Gasteiger partial charge on any atom is -0.463 e. The SMILES string of the molecule is N#CC[C@H]1CN(c2nc(OCC3(CN4CCCC4)CC3)nc3c2COC(c2cccc4cccc(Cl)c24)C3)CCN1. The molecule has 8 nitrogen and oxygen atoms in total. The van der Waals surface area contributed by atoms with Crippen LogP contribution in [-0.2, 0) is 17.8 Å². The summed E-state index contributed by atoms with van der Waals surface area (Å²) in [6.07, 6.45) is 5.93. The number of nitriles is 1. The normalized spacial score (nSPS) is 23.8. The average Bonchev–Trinajstić information content (AvgIpc) is 3.57. The Morgan fingerprint density at radius 2 is 1.95 bits per heavy atom. The number of halogens is 1. The molecule has 3 aromatic rings. The monoisotopic (exact) mass is 572 g/mol. The van der Waals surface area contributed by atoms with E-state index in [2.05, 4.69) is 45.5 Å². The topological polar surface area (TPSA) is 86.5 Å². The quantitative estimate of drug-likeness (QED) is 0.402. The number of ether oxygens (including phenoxy) is 2. The van der Waals surface area contributed by atoms with E-state index < -0.39 is 0 Å². The van der Waals surface area contributed by atoms with Crippen LogP contribution in [0, 0.1) is 16.7 Å². The fourth-order valence-corrected chi connectivity index (χ4v) is 7.06. The van der Waals surface area contributed by atoms with Crippen molar-refractivity contribution in [2.24, 2.45) is 5.41 Å². The van der Waals surface area contributed by atoms with Gasteiger partial charge in [0.2, 0.25) is 0 Å². The van der Waals surface area contributed by atoms with E-state index in [1.54, 1.807) is 0 Å². The van der Waals surface area contributed by atoms with Crippen molar-refractivity contribution >= 4 is 28.2 Å². The summed E-state index contributed by atoms with van der Waals surface area (Å²) in [5, 5.41) is 15.7. The van der Waals surface area contributed by atoms with Gasteiger partial charge in [0, 0.05) is 60.0 Å². The Hall–Kier alpha value is -2.96. The molecule has 2 atom stereocenters. The van der Waals surface area contributed by atoms with Crippen LogP contribution in [0.15, 0.2) is 36.4 Å². The molecule has 0 amide bonds. The Labute approximate surface area is 246 Å². The van der Waals surface area contributed by atoms with Gasteiger partial charge in [-0.05, 0) is 55.8 Å². The third-order valence-electron chi connectivity index (χ3n) is 9.21. The molecule has 0 radical (unpaired) electrons. The van der Waals surface area contributed by atoms with Gasteiger partial charge in [-0.15, -0.1) is 0 Å². The number of aromatic nitrogens is 2. The predicted molar refractivity (Wildman–Crippen MR) is 159 cm³/mol. The molecule has 214 valence electrons. The molecule has 0 spiro atoms. The summed E-state index contributed by atoms with van der Waals surface area (Å²) in [7, 11) is 0. The first-order valence-electron chi connectivity index (χ1n) is 15.0. The molecule has 3 fully saturated rings. The Balaban J connectivity index is 1.19. The van der Waals surface area contributed by atoms with E-state index in [4.69, 9.17) is 31.0 Å². The second-order valence-electron chi connectivity index (χ2n) is 12.2. The van der Waals surface area contributed by atoms with Gasteiger partial charge in [0.25, 0.3) is 0 Å². The molecule has 2 saturated heterocycles. The highest BCUT2D eigenvalue weighted by atomic mass is 35.5. The maximum atomic E-state index is 9.31. The molecule has 1 aromatic heterocycles. The molecule has 3 aliphatic heterocycles. The van der Waals surface area contributed by atoms with Crippen molar-refractivity contribution in [3.8, 4) is 12.1 Å². The zero-order valence-corrected chi connectivity index (χ0v) is 24.2. The Bertz CT molecular complexity index is 1460. The van der Waals surface area contributed by atoms with Crippen molar-refractivity contribution in [2.45, 2.75) is 57.3 Å². The van der Waals surface area contributed by atoms with Crippen LogP contribution in [-0.4, -0.2) is 66.8 Å². The zero-order chi connectivity index (χ0) is 27.8. The fourth-order valence-electron chi connectivity index (χ4n) is 6.77. The Morgan fingerprint density at radius 3 is 2.76 bits per heavy atom. The van der Waals surface area contributed by atoms with E-state index in [1.165, 1.54) is 38.8 Å². The second kappa shape index (κ2) is 11.4. The molecule has 9 heteroatoms. The molecule has 1 N–H and O–H groups in total. The van der Waals surface area contributed by atoms with Gasteiger partial charge in [0.1, 0.15) is 5.82 Å². The number of likely N-dealkylation sites (tertiary alicyclic amines) is 1. The molecule has 2 aromatic carbocycles. The molecule has 7 rings (SSSR count). The maximum Gasteiger partial charge on any atom is 0.318 e. The first-order valence-corrected chi connectivity index (χ1v) is 15.4. The first-order chi connectivity index (χ1) is 20.1. The van der Waals surface area contributed by atoms with Gasteiger partial charge in [-0.2, -0.15) is 15.2 Å². The van der Waals surface area contributed by atoms with Crippen LogP contribution < -0.4 is 15.0 Å². The van der Waals surface area contributed by atoms with Gasteiger partial charge < -0.3 is 24.6 Å². The lowest BCUT2D eigenvalue weighted by atomic mass is 9.94. The lowest BCUT2D eigenvalue weighted by Gasteiger charge is -2.36. The number of nitrogens with zero attached hydrogens (tertiary/aromatic N) is 5. The van der Waals surface area contributed by atoms with E-state index in [0.717, 1.165) is 64.6 Å². The Morgan fingerprint density at radius 1 is 1.12 bits per heavy atom. The average molecular weight is 573 g/mol. The standard InChI is InChI=1S/C32H37ClN6O2/c33-26-8-4-6-22-5-3-7-24(29(22)26)28-17-27-25(19-40-28)30(39-16-13-35-23(18-39)9-12-34)37-31(36-27)41-21-32(10-11-32)20-38-14-1-2-15-38/h3-8,23,28,35H,1-2,9-11,13-21H2/t23-,28?/m0/s1. The van der Waals surface area contributed by atoms with Crippen molar-refractivity contribution in [1.29, 1.82) is 5.26 Å². The molecular formula is C32H37ClN6O2. The second-order valence-corrected chi connectivity index (χ2v) is 12.6. The number of rotatable bonds is 8. The van der Waals surface area contributed by atoms with E-state index in [1.807, 2.05) is 12.1 Å². The summed E-state index contributed by atoms with van der Waals surface area (Å²) in [6, 6.07) is 15.2. The maximum absolute atomic E-state index is 9.31. The predicted octanol–water partition coefficient (Wildman–Crippen LogP) is 5.04. The highest BCUT2D eigenvalue weighted by Crippen LogP contribution is 2.47. The van der Waals surface area contributed by atoms with Gasteiger partial charge in [-0.25, -0.2) is 0 Å². The summed E-state index contributed by atoms with van der Waals surface area (Å²) in [6.45, 7) is 6.92. The summed E-state index contributed by atoms with van der Waals surface area (Å²) in [5.41, 5.74) is 3.31. The molecule has 1 aliphatic carbocycles. The fraction of sp³-hybridized carbons (Fsp3) is 0.531. The van der Waals surface area contributed by atoms with E-state index in [-0.39, 0.29) is 17.6 Å². The zero-order valence-electron chi connectivity index (χ0n) is 23.4. The van der Waals surface area contributed by atoms with Gasteiger partial charge in [-0.1, -0.05) is 41.9 Å². The molecule has 4 heterocycles. The molecule has 0 bridgehead atoms. The third-order valence-corrected chi connectivity index (χ3v) is 9.52. The molecule has 1 saturated carbocycles. The highest BCUT2D eigenvalue weighted by Gasteiger charge is 2.45. The molecule has 1 unspecified atom stereocenters. The number of hydrogen-bond acceptors (Lipinski definition) is 8. The van der Waals surface area contributed by atoms with Crippen molar-refractivity contribution in [3.63, 3.8) is 0 Å². The highest BCUT2D eigenvalue weighted by molar-refractivity contribution is 6.35. The first kappa shape index (κ1) is 26.9. The van der Waals surface area contributed by atoms with Crippen molar-refractivity contribution in [1.82, 2.24) is 20.2 Å². The van der Waals surface area contributed by atoms with Gasteiger partial charge >= 0.3 is 6.01 Å². The van der Waals surface area contributed by atoms with Crippen LogP contribution in [0.1, 0.15) is 55.0 Å². The molecular weight excluding hydrogens is 536 g/mol. The van der Waals surface area contributed by atoms with Crippen LogP contribution in [0.2, 0.25) is 5.02 Å². The van der Waals surface area contributed by atoms with Gasteiger partial charge in [0.05, 0.1) is 37.5 Å². The summed E-state index contributed by atoms with van der Waals surface area (Å²) >= 11 is 6.68. The number of nitrogens with one attached hydrogen (secondary N) is 1. The van der Waals surface area contributed by atoms with Crippen LogP contribution in [0.3, 0.4) is 0 Å². The van der Waals surface area contributed by atoms with E-state index in [0.29, 0.717) is 32.1 Å². The number of benzene rings is 2. The van der Waals surface area contributed by atoms with Crippen LogP contribution in [0.25, 0.3) is 10.8 Å². The van der Waals surface area contributed by atoms with Crippen molar-refractivity contribution in [2.75, 3.05) is 50.8 Å². The van der Waals surface area contributed by atoms with Crippen LogP contribution in [0.5, 0.6) is 6.01 Å². The number of piperazine rings is 1. The number of fused-ring (bicyclic) bond motifs is 2.